The zero-order valence-electron chi connectivity index (χ0n) is 11.0. The van der Waals surface area contributed by atoms with E-state index in [2.05, 4.69) is 9.97 Å². The summed E-state index contributed by atoms with van der Waals surface area (Å²) >= 11 is 7.52. The fraction of sp³-hybridized carbons (Fsp3) is 0.214. The second-order valence-electron chi connectivity index (χ2n) is 4.82. The van der Waals surface area contributed by atoms with E-state index in [-0.39, 0.29) is 5.56 Å². The maximum atomic E-state index is 12.7. The van der Waals surface area contributed by atoms with Gasteiger partial charge < -0.3 is 0 Å². The van der Waals surface area contributed by atoms with Crippen LogP contribution in [0.5, 0.6) is 0 Å². The molecule has 5 nitrogen and oxygen atoms in total. The van der Waals surface area contributed by atoms with Gasteiger partial charge in [0, 0.05) is 23.0 Å². The molecule has 0 fully saturated rings. The molecule has 0 amide bonds. The van der Waals surface area contributed by atoms with Gasteiger partial charge in [-0.1, -0.05) is 23.4 Å². The normalized spacial score (nSPS) is 14.3. The van der Waals surface area contributed by atoms with Gasteiger partial charge in [0.25, 0.3) is 5.56 Å². The third-order valence-corrected chi connectivity index (χ3v) is 4.81. The van der Waals surface area contributed by atoms with Crippen molar-refractivity contribution in [3.8, 4) is 5.69 Å². The molecule has 3 heterocycles. The minimum Gasteiger partial charge on any atom is -0.293 e. The number of benzene rings is 1. The molecule has 2 aromatic heterocycles. The molecule has 0 saturated carbocycles. The number of thioether (sulfide) groups is 1. The maximum absolute atomic E-state index is 12.7. The first-order chi connectivity index (χ1) is 10.2. The van der Waals surface area contributed by atoms with Crippen molar-refractivity contribution in [1.29, 1.82) is 0 Å². The summed E-state index contributed by atoms with van der Waals surface area (Å²) in [5, 5.41) is 1.42. The molecule has 0 spiro atoms. The lowest BCUT2D eigenvalue weighted by Gasteiger charge is -2.16. The Labute approximate surface area is 129 Å². The van der Waals surface area contributed by atoms with Gasteiger partial charge in [-0.15, -0.1) is 0 Å². The van der Waals surface area contributed by atoms with Gasteiger partial charge in [-0.05, 0) is 30.7 Å². The molecule has 21 heavy (non-hydrogen) atoms. The Balaban J connectivity index is 1.99. The lowest BCUT2D eigenvalue weighted by Crippen LogP contribution is -2.27. The summed E-state index contributed by atoms with van der Waals surface area (Å²) in [6.45, 7) is 0.718. The third-order valence-electron chi connectivity index (χ3n) is 3.49. The van der Waals surface area contributed by atoms with Crippen molar-refractivity contribution < 1.29 is 0 Å². The number of aromatic nitrogens is 4. The molecule has 106 valence electrons. The monoisotopic (exact) mass is 318 g/mol. The predicted molar refractivity (Wildman–Crippen MR) is 83.5 cm³/mol. The second-order valence-corrected chi connectivity index (χ2v) is 6.31. The van der Waals surface area contributed by atoms with Gasteiger partial charge in [0.15, 0.2) is 16.3 Å². The summed E-state index contributed by atoms with van der Waals surface area (Å²) in [7, 11) is 0. The summed E-state index contributed by atoms with van der Waals surface area (Å²) in [6.07, 6.45) is 2.62. The highest BCUT2D eigenvalue weighted by Gasteiger charge is 2.19. The molecule has 0 aliphatic carbocycles. The number of rotatable bonds is 1. The van der Waals surface area contributed by atoms with Crippen LogP contribution in [0.2, 0.25) is 5.02 Å². The molecule has 0 unspecified atom stereocenters. The molecule has 1 aromatic carbocycles. The van der Waals surface area contributed by atoms with E-state index in [0.29, 0.717) is 16.2 Å². The standard InChI is InChI=1S/C14H11ClN4OS/c15-9-2-4-10(5-3-9)19-8-16-12-11(19)13(20)18-6-1-7-21-14(18)17-12/h2-5,8H,1,6-7H2. The van der Waals surface area contributed by atoms with Crippen LogP contribution in [0, 0.1) is 0 Å². The van der Waals surface area contributed by atoms with Crippen LogP contribution in [0.3, 0.4) is 0 Å². The summed E-state index contributed by atoms with van der Waals surface area (Å²) in [5.74, 6) is 0.996. The highest BCUT2D eigenvalue weighted by molar-refractivity contribution is 7.99. The van der Waals surface area contributed by atoms with Crippen molar-refractivity contribution in [2.24, 2.45) is 0 Å². The Hall–Kier alpha value is -1.79. The highest BCUT2D eigenvalue weighted by atomic mass is 35.5. The minimum absolute atomic E-state index is 0.0327. The molecular weight excluding hydrogens is 308 g/mol. The van der Waals surface area contributed by atoms with Crippen molar-refractivity contribution in [3.63, 3.8) is 0 Å². The second kappa shape index (κ2) is 4.89. The summed E-state index contributed by atoms with van der Waals surface area (Å²) in [5.41, 5.74) is 1.83. The SMILES string of the molecule is O=c1c2c(ncn2-c2ccc(Cl)cc2)nc2n1CCCS2. The van der Waals surface area contributed by atoms with Crippen LogP contribution >= 0.6 is 23.4 Å². The number of fused-ring (bicyclic) bond motifs is 2. The zero-order valence-corrected chi connectivity index (χ0v) is 12.6. The van der Waals surface area contributed by atoms with E-state index in [0.717, 1.165) is 29.6 Å². The van der Waals surface area contributed by atoms with Gasteiger partial charge in [0.2, 0.25) is 0 Å². The number of hydrogen-bond acceptors (Lipinski definition) is 4. The van der Waals surface area contributed by atoms with Gasteiger partial charge in [-0.2, -0.15) is 0 Å². The minimum atomic E-state index is -0.0327. The Morgan fingerprint density at radius 1 is 1.24 bits per heavy atom. The first-order valence-electron chi connectivity index (χ1n) is 6.61. The largest absolute Gasteiger partial charge is 0.293 e. The number of imidazole rings is 1. The van der Waals surface area contributed by atoms with Crippen molar-refractivity contribution in [2.75, 3.05) is 5.75 Å². The van der Waals surface area contributed by atoms with E-state index < -0.39 is 0 Å². The predicted octanol–water partition coefficient (Wildman–Crippen LogP) is 2.73. The van der Waals surface area contributed by atoms with Crippen LogP contribution < -0.4 is 5.56 Å². The summed E-state index contributed by atoms with van der Waals surface area (Å²) in [4.78, 5) is 21.5. The van der Waals surface area contributed by atoms with Gasteiger partial charge >= 0.3 is 0 Å². The molecule has 0 saturated heterocycles. The topological polar surface area (TPSA) is 52.7 Å². The Bertz CT molecular complexity index is 884. The summed E-state index contributed by atoms with van der Waals surface area (Å²) < 4.78 is 3.51. The van der Waals surface area contributed by atoms with Gasteiger partial charge in [-0.25, -0.2) is 9.97 Å². The molecule has 1 aliphatic heterocycles. The lowest BCUT2D eigenvalue weighted by atomic mass is 10.3. The van der Waals surface area contributed by atoms with E-state index >= 15 is 0 Å². The quantitative estimate of drug-likeness (QED) is 0.647. The van der Waals surface area contributed by atoms with E-state index in [4.69, 9.17) is 11.6 Å². The Morgan fingerprint density at radius 3 is 2.86 bits per heavy atom. The number of nitrogens with zero attached hydrogens (tertiary/aromatic N) is 4. The molecule has 0 N–H and O–H groups in total. The van der Waals surface area contributed by atoms with Gasteiger partial charge in [-0.3, -0.25) is 13.9 Å². The van der Waals surface area contributed by atoms with Crippen molar-refractivity contribution >= 4 is 34.5 Å². The van der Waals surface area contributed by atoms with Crippen molar-refractivity contribution in [1.82, 2.24) is 19.1 Å². The molecule has 0 atom stereocenters. The van der Waals surface area contributed by atoms with Crippen LogP contribution in [0.1, 0.15) is 6.42 Å². The van der Waals surface area contributed by atoms with E-state index in [1.54, 1.807) is 39.4 Å². The molecule has 7 heteroatoms. The molecule has 3 aromatic rings. The smallest absolute Gasteiger partial charge is 0.280 e. The summed E-state index contributed by atoms with van der Waals surface area (Å²) in [6, 6.07) is 7.31. The van der Waals surface area contributed by atoms with Gasteiger partial charge in [0.1, 0.15) is 6.33 Å². The first-order valence-corrected chi connectivity index (χ1v) is 7.97. The van der Waals surface area contributed by atoms with E-state index in [9.17, 15) is 4.79 Å². The Morgan fingerprint density at radius 2 is 2.05 bits per heavy atom. The van der Waals surface area contributed by atoms with E-state index in [1.807, 2.05) is 12.1 Å². The van der Waals surface area contributed by atoms with Crippen LogP contribution in [0.15, 0.2) is 40.5 Å². The van der Waals surface area contributed by atoms with Crippen LogP contribution in [0.25, 0.3) is 16.9 Å². The average Bonchev–Trinajstić information content (AvgIpc) is 2.92. The number of halogens is 1. The van der Waals surface area contributed by atoms with Gasteiger partial charge in [0.05, 0.1) is 0 Å². The molecule has 4 rings (SSSR count). The molecular formula is C14H11ClN4OS. The highest BCUT2D eigenvalue weighted by Crippen LogP contribution is 2.23. The maximum Gasteiger partial charge on any atom is 0.280 e. The molecule has 0 radical (unpaired) electrons. The van der Waals surface area contributed by atoms with Crippen molar-refractivity contribution in [3.05, 3.63) is 46.0 Å². The molecule has 1 aliphatic rings. The van der Waals surface area contributed by atoms with Crippen LogP contribution in [-0.4, -0.2) is 24.9 Å². The van der Waals surface area contributed by atoms with E-state index in [1.165, 1.54) is 0 Å². The first kappa shape index (κ1) is 12.9. The third kappa shape index (κ3) is 2.06. The van der Waals surface area contributed by atoms with Crippen LogP contribution in [-0.2, 0) is 6.54 Å². The molecule has 0 bridgehead atoms. The number of hydrogen-bond donors (Lipinski definition) is 0. The Kier molecular flexibility index (Phi) is 3.01. The zero-order chi connectivity index (χ0) is 14.4. The average molecular weight is 319 g/mol. The van der Waals surface area contributed by atoms with Crippen LogP contribution in [0.4, 0.5) is 0 Å². The fourth-order valence-corrected chi connectivity index (χ4v) is 3.54. The van der Waals surface area contributed by atoms with Crippen molar-refractivity contribution in [2.45, 2.75) is 18.1 Å². The fourth-order valence-electron chi connectivity index (χ4n) is 2.48. The lowest BCUT2D eigenvalue weighted by molar-refractivity contribution is 0.570.